The summed E-state index contributed by atoms with van der Waals surface area (Å²) in [5.41, 5.74) is 1.38. The first-order valence-electron chi connectivity index (χ1n) is 3.97. The second-order valence-corrected chi connectivity index (χ2v) is 3.53. The van der Waals surface area contributed by atoms with E-state index in [0.29, 0.717) is 5.69 Å². The van der Waals surface area contributed by atoms with Crippen LogP contribution in [0.1, 0.15) is 5.69 Å². The fraction of sp³-hybridized carbons (Fsp3) is 0.111. The third-order valence-corrected chi connectivity index (χ3v) is 2.63. The monoisotopic (exact) mass is 210 g/mol. The molecule has 5 heteroatoms. The Labute approximate surface area is 83.9 Å². The fourth-order valence-electron chi connectivity index (χ4n) is 1.01. The van der Waals surface area contributed by atoms with Gasteiger partial charge in [-0.3, -0.25) is 0 Å². The van der Waals surface area contributed by atoms with Gasteiger partial charge in [0.15, 0.2) is 0 Å². The fourth-order valence-corrected chi connectivity index (χ4v) is 1.82. The van der Waals surface area contributed by atoms with Crippen molar-refractivity contribution in [3.05, 3.63) is 35.4 Å². The first kappa shape index (κ1) is 9.23. The van der Waals surface area contributed by atoms with Crippen LogP contribution in [0.4, 0.5) is 4.39 Å². The molecule has 0 bridgehead atoms. The van der Waals surface area contributed by atoms with Gasteiger partial charge < -0.3 is 5.11 Å². The summed E-state index contributed by atoms with van der Waals surface area (Å²) in [7, 11) is 0. The van der Waals surface area contributed by atoms with E-state index in [4.69, 9.17) is 5.11 Å². The number of thiazole rings is 1. The van der Waals surface area contributed by atoms with Crippen LogP contribution in [-0.4, -0.2) is 15.1 Å². The SMILES string of the molecule is OCc1csc(-c2ccc(F)nc2)n1. The van der Waals surface area contributed by atoms with Crippen LogP contribution in [0.5, 0.6) is 0 Å². The lowest BCUT2D eigenvalue weighted by Crippen LogP contribution is -1.85. The zero-order chi connectivity index (χ0) is 9.97. The van der Waals surface area contributed by atoms with Gasteiger partial charge in [-0.05, 0) is 12.1 Å². The van der Waals surface area contributed by atoms with Crippen molar-refractivity contribution in [2.24, 2.45) is 0 Å². The highest BCUT2D eigenvalue weighted by Gasteiger charge is 2.04. The third-order valence-electron chi connectivity index (χ3n) is 1.69. The van der Waals surface area contributed by atoms with Crippen LogP contribution >= 0.6 is 11.3 Å². The Morgan fingerprint density at radius 3 is 2.86 bits per heavy atom. The molecule has 72 valence electrons. The second-order valence-electron chi connectivity index (χ2n) is 2.67. The molecule has 2 aromatic heterocycles. The lowest BCUT2D eigenvalue weighted by Gasteiger charge is -1.93. The highest BCUT2D eigenvalue weighted by atomic mass is 32.1. The molecule has 0 radical (unpaired) electrons. The minimum atomic E-state index is -0.507. The third kappa shape index (κ3) is 1.78. The predicted octanol–water partition coefficient (Wildman–Crippen LogP) is 1.84. The molecule has 0 atom stereocenters. The van der Waals surface area contributed by atoms with Crippen molar-refractivity contribution in [2.75, 3.05) is 0 Å². The largest absolute Gasteiger partial charge is 0.390 e. The number of aliphatic hydroxyl groups is 1. The number of aromatic nitrogens is 2. The molecule has 0 saturated heterocycles. The molecular weight excluding hydrogens is 203 g/mol. The summed E-state index contributed by atoms with van der Waals surface area (Å²) in [6.45, 7) is -0.0783. The normalized spacial score (nSPS) is 10.4. The Morgan fingerprint density at radius 1 is 1.43 bits per heavy atom. The van der Waals surface area contributed by atoms with Gasteiger partial charge in [-0.25, -0.2) is 9.97 Å². The molecule has 1 N–H and O–H groups in total. The molecule has 2 aromatic rings. The maximum absolute atomic E-state index is 12.5. The lowest BCUT2D eigenvalue weighted by atomic mass is 10.3. The van der Waals surface area contributed by atoms with Crippen molar-refractivity contribution in [1.82, 2.24) is 9.97 Å². The minimum Gasteiger partial charge on any atom is -0.390 e. The van der Waals surface area contributed by atoms with Gasteiger partial charge in [-0.2, -0.15) is 4.39 Å². The summed E-state index contributed by atoms with van der Waals surface area (Å²) >= 11 is 1.40. The van der Waals surface area contributed by atoms with E-state index in [9.17, 15) is 4.39 Å². The Morgan fingerprint density at radius 2 is 2.29 bits per heavy atom. The highest BCUT2D eigenvalue weighted by Crippen LogP contribution is 2.22. The molecule has 14 heavy (non-hydrogen) atoms. The maximum atomic E-state index is 12.5. The Kier molecular flexibility index (Phi) is 2.51. The zero-order valence-corrected chi connectivity index (χ0v) is 7.96. The molecule has 0 aliphatic carbocycles. The zero-order valence-electron chi connectivity index (χ0n) is 7.14. The summed E-state index contributed by atoms with van der Waals surface area (Å²) in [5.74, 6) is -0.507. The molecule has 0 aliphatic heterocycles. The van der Waals surface area contributed by atoms with E-state index >= 15 is 0 Å². The predicted molar refractivity (Wildman–Crippen MR) is 51.2 cm³/mol. The van der Waals surface area contributed by atoms with Crippen LogP contribution < -0.4 is 0 Å². The van der Waals surface area contributed by atoms with Crippen molar-refractivity contribution < 1.29 is 9.50 Å². The van der Waals surface area contributed by atoms with E-state index < -0.39 is 5.95 Å². The topological polar surface area (TPSA) is 46.0 Å². The number of halogens is 1. The number of nitrogens with zero attached hydrogens (tertiary/aromatic N) is 2. The minimum absolute atomic E-state index is 0.0783. The quantitative estimate of drug-likeness (QED) is 0.769. The van der Waals surface area contributed by atoms with E-state index in [1.54, 1.807) is 11.4 Å². The van der Waals surface area contributed by atoms with Gasteiger partial charge in [0.25, 0.3) is 0 Å². The molecule has 0 aromatic carbocycles. The van der Waals surface area contributed by atoms with Crippen LogP contribution in [-0.2, 0) is 6.61 Å². The number of hydrogen-bond donors (Lipinski definition) is 1. The summed E-state index contributed by atoms with van der Waals surface area (Å²) in [6.07, 6.45) is 1.43. The average Bonchev–Trinajstić information content (AvgIpc) is 2.67. The van der Waals surface area contributed by atoms with E-state index in [2.05, 4.69) is 9.97 Å². The van der Waals surface area contributed by atoms with E-state index in [0.717, 1.165) is 10.6 Å². The summed E-state index contributed by atoms with van der Waals surface area (Å²) in [6, 6.07) is 2.90. The Hall–Kier alpha value is -1.33. The molecule has 2 heterocycles. The van der Waals surface area contributed by atoms with Crippen LogP contribution in [0.2, 0.25) is 0 Å². The standard InChI is InChI=1S/C9H7FN2OS/c10-8-2-1-6(3-11-8)9-12-7(4-13)5-14-9/h1-3,5,13H,4H2. The number of pyridine rings is 1. The molecule has 0 amide bonds. The van der Waals surface area contributed by atoms with E-state index in [1.165, 1.54) is 23.6 Å². The molecule has 3 nitrogen and oxygen atoms in total. The molecule has 0 fully saturated rings. The summed E-state index contributed by atoms with van der Waals surface area (Å²) < 4.78 is 12.5. The molecule has 0 spiro atoms. The van der Waals surface area contributed by atoms with E-state index in [1.807, 2.05) is 0 Å². The number of aliphatic hydroxyl groups excluding tert-OH is 1. The number of hydrogen-bond acceptors (Lipinski definition) is 4. The first-order valence-corrected chi connectivity index (χ1v) is 4.85. The van der Waals surface area contributed by atoms with Crippen molar-refractivity contribution in [3.63, 3.8) is 0 Å². The molecule has 0 aliphatic rings. The number of rotatable bonds is 2. The van der Waals surface area contributed by atoms with Crippen molar-refractivity contribution in [3.8, 4) is 10.6 Å². The van der Waals surface area contributed by atoms with Gasteiger partial charge in [0.1, 0.15) is 5.01 Å². The summed E-state index contributed by atoms with van der Waals surface area (Å²) in [5, 5.41) is 11.3. The van der Waals surface area contributed by atoms with Gasteiger partial charge in [0.05, 0.1) is 12.3 Å². The second kappa shape index (κ2) is 3.81. The van der Waals surface area contributed by atoms with Gasteiger partial charge in [-0.1, -0.05) is 0 Å². The van der Waals surface area contributed by atoms with E-state index in [-0.39, 0.29) is 6.61 Å². The van der Waals surface area contributed by atoms with Crippen LogP contribution in [0.3, 0.4) is 0 Å². The molecule has 0 saturated carbocycles. The maximum Gasteiger partial charge on any atom is 0.212 e. The molecule has 0 unspecified atom stereocenters. The van der Waals surface area contributed by atoms with Crippen LogP contribution in [0.15, 0.2) is 23.7 Å². The molecular formula is C9H7FN2OS. The molecule has 2 rings (SSSR count). The van der Waals surface area contributed by atoms with Gasteiger partial charge in [0, 0.05) is 17.1 Å². The first-order chi connectivity index (χ1) is 6.79. The van der Waals surface area contributed by atoms with Crippen molar-refractivity contribution in [2.45, 2.75) is 6.61 Å². The van der Waals surface area contributed by atoms with Gasteiger partial charge in [-0.15, -0.1) is 11.3 Å². The average molecular weight is 210 g/mol. The van der Waals surface area contributed by atoms with Crippen molar-refractivity contribution in [1.29, 1.82) is 0 Å². The van der Waals surface area contributed by atoms with Crippen LogP contribution in [0, 0.1) is 5.95 Å². The van der Waals surface area contributed by atoms with Gasteiger partial charge >= 0.3 is 0 Å². The van der Waals surface area contributed by atoms with Crippen LogP contribution in [0.25, 0.3) is 10.6 Å². The van der Waals surface area contributed by atoms with Crippen molar-refractivity contribution >= 4 is 11.3 Å². The highest BCUT2D eigenvalue weighted by molar-refractivity contribution is 7.13. The summed E-state index contributed by atoms with van der Waals surface area (Å²) in [4.78, 5) is 7.66. The smallest absolute Gasteiger partial charge is 0.212 e. The lowest BCUT2D eigenvalue weighted by molar-refractivity contribution is 0.278. The Bertz CT molecular complexity index is 427. The Balaban J connectivity index is 2.34. The van der Waals surface area contributed by atoms with Gasteiger partial charge in [0.2, 0.25) is 5.95 Å².